The van der Waals surface area contributed by atoms with Crippen molar-refractivity contribution in [1.82, 2.24) is 0 Å². The molecule has 0 saturated heterocycles. The van der Waals surface area contributed by atoms with E-state index in [1.807, 2.05) is 12.1 Å². The molecule has 0 bridgehead atoms. The van der Waals surface area contributed by atoms with Crippen molar-refractivity contribution < 1.29 is 5.11 Å². The van der Waals surface area contributed by atoms with Crippen molar-refractivity contribution in [3.05, 3.63) is 289 Å². The van der Waals surface area contributed by atoms with Gasteiger partial charge in [-0.2, -0.15) is 0 Å². The third-order valence-electron chi connectivity index (χ3n) is 15.2. The van der Waals surface area contributed by atoms with E-state index in [0.717, 1.165) is 62.8 Å². The van der Waals surface area contributed by atoms with E-state index in [1.54, 1.807) is 0 Å². The average Bonchev–Trinajstić information content (AvgIpc) is 3.74. The summed E-state index contributed by atoms with van der Waals surface area (Å²) in [4.78, 5) is 2.37. The van der Waals surface area contributed by atoms with Crippen molar-refractivity contribution >= 4 is 49.4 Å². The van der Waals surface area contributed by atoms with Crippen molar-refractivity contribution in [2.24, 2.45) is 0 Å². The van der Waals surface area contributed by atoms with Gasteiger partial charge in [-0.05, 0) is 149 Å². The van der Waals surface area contributed by atoms with E-state index in [-0.39, 0.29) is 0 Å². The van der Waals surface area contributed by atoms with Crippen LogP contribution in [0.25, 0.3) is 76.8 Å². The minimum atomic E-state index is -0.818. The topological polar surface area (TPSA) is 23.5 Å². The molecule has 0 fully saturated rings. The number of phenols is 1. The van der Waals surface area contributed by atoms with Crippen LogP contribution in [0.3, 0.4) is 0 Å². The lowest BCUT2D eigenvalue weighted by molar-refractivity contribution is 0.467. The first-order chi connectivity index (χ1) is 35.6. The molecule has 0 spiro atoms. The molecule has 72 heavy (non-hydrogen) atoms. The number of anilines is 3. The summed E-state index contributed by atoms with van der Waals surface area (Å²) >= 11 is 0. The van der Waals surface area contributed by atoms with Crippen LogP contribution in [-0.4, -0.2) is 5.11 Å². The monoisotopic (exact) mass is 921 g/mol. The molecule has 0 saturated carbocycles. The SMILES string of the molecule is CCCc1c(C2(c3ccc4ccccc4c3O)c3ccccc3-c3ccc(-c4ccc5ccc(N(c6ccc(-c7ccccc7)cc6)c6ccc(-c7ccccc7)cc6)cc5c4)cc32)ccc2ccccc12. The molecule has 2 nitrogen and oxygen atoms in total. The summed E-state index contributed by atoms with van der Waals surface area (Å²) < 4.78 is 0. The Kier molecular flexibility index (Phi) is 10.6. The number of hydrogen-bond donors (Lipinski definition) is 1. The summed E-state index contributed by atoms with van der Waals surface area (Å²) in [7, 11) is 0. The van der Waals surface area contributed by atoms with Crippen molar-refractivity contribution in [3.63, 3.8) is 0 Å². The fraction of sp³-hybridized carbons (Fsp3) is 0.0571. The molecule has 0 heterocycles. The normalized spacial score (nSPS) is 13.8. The van der Waals surface area contributed by atoms with Crippen LogP contribution in [0, 0.1) is 0 Å². The van der Waals surface area contributed by atoms with Crippen LogP contribution < -0.4 is 4.90 Å². The zero-order valence-electron chi connectivity index (χ0n) is 40.1. The van der Waals surface area contributed by atoms with Crippen LogP contribution in [0.15, 0.2) is 261 Å². The zero-order valence-corrected chi connectivity index (χ0v) is 40.1. The molecule has 2 heteroatoms. The van der Waals surface area contributed by atoms with Gasteiger partial charge in [-0.1, -0.05) is 226 Å². The second-order valence-corrected chi connectivity index (χ2v) is 19.2. The van der Waals surface area contributed by atoms with Gasteiger partial charge in [0, 0.05) is 28.0 Å². The van der Waals surface area contributed by atoms with Gasteiger partial charge >= 0.3 is 0 Å². The summed E-state index contributed by atoms with van der Waals surface area (Å²) in [6, 6.07) is 94.6. The fourth-order valence-electron chi connectivity index (χ4n) is 11.8. The molecular formula is C70H51NO. The van der Waals surface area contributed by atoms with Crippen molar-refractivity contribution in [3.8, 4) is 50.3 Å². The maximum absolute atomic E-state index is 12.8. The Morgan fingerprint density at radius 1 is 0.333 bits per heavy atom. The van der Waals surface area contributed by atoms with Gasteiger partial charge < -0.3 is 10.0 Å². The fourth-order valence-corrected chi connectivity index (χ4v) is 11.8. The molecule has 1 aliphatic rings. The first-order valence-electron chi connectivity index (χ1n) is 25.2. The lowest BCUT2D eigenvalue weighted by Crippen LogP contribution is -2.30. The Morgan fingerprint density at radius 3 is 1.50 bits per heavy atom. The van der Waals surface area contributed by atoms with E-state index in [9.17, 15) is 5.11 Å². The summed E-state index contributed by atoms with van der Waals surface area (Å²) in [6.45, 7) is 2.27. The minimum absolute atomic E-state index is 0.323. The third-order valence-corrected chi connectivity index (χ3v) is 15.2. The predicted octanol–water partition coefficient (Wildman–Crippen LogP) is 18.6. The molecule has 1 atom stereocenters. The number of aryl methyl sites for hydroxylation is 1. The first kappa shape index (κ1) is 43.1. The molecule has 342 valence electrons. The van der Waals surface area contributed by atoms with Crippen LogP contribution >= 0.6 is 0 Å². The van der Waals surface area contributed by atoms with Crippen molar-refractivity contribution in [1.29, 1.82) is 0 Å². The summed E-state index contributed by atoms with van der Waals surface area (Å²) in [5.41, 5.74) is 17.6. The van der Waals surface area contributed by atoms with E-state index in [0.29, 0.717) is 5.75 Å². The molecule has 0 amide bonds. The lowest BCUT2D eigenvalue weighted by atomic mass is 9.64. The second-order valence-electron chi connectivity index (χ2n) is 19.2. The Hall–Kier alpha value is -8.98. The Balaban J connectivity index is 0.987. The Labute approximate surface area is 421 Å². The molecule has 13 rings (SSSR count). The van der Waals surface area contributed by atoms with Gasteiger partial charge in [0.25, 0.3) is 0 Å². The summed E-state index contributed by atoms with van der Waals surface area (Å²) in [5.74, 6) is 0.323. The van der Waals surface area contributed by atoms with Gasteiger partial charge in [-0.15, -0.1) is 0 Å². The molecule has 1 unspecified atom stereocenters. The highest BCUT2D eigenvalue weighted by Gasteiger charge is 2.49. The second kappa shape index (κ2) is 17.8. The average molecular weight is 922 g/mol. The van der Waals surface area contributed by atoms with Crippen LogP contribution in [0.5, 0.6) is 5.75 Å². The highest BCUT2D eigenvalue weighted by molar-refractivity contribution is 5.98. The number of rotatable bonds is 10. The van der Waals surface area contributed by atoms with Gasteiger partial charge in [0.05, 0.1) is 5.41 Å². The van der Waals surface area contributed by atoms with Gasteiger partial charge in [0.1, 0.15) is 5.75 Å². The third kappa shape index (κ3) is 7.09. The minimum Gasteiger partial charge on any atom is -0.507 e. The predicted molar refractivity (Wildman–Crippen MR) is 303 cm³/mol. The zero-order chi connectivity index (χ0) is 48.2. The van der Waals surface area contributed by atoms with Gasteiger partial charge in [-0.25, -0.2) is 0 Å². The first-order valence-corrected chi connectivity index (χ1v) is 25.2. The highest BCUT2D eigenvalue weighted by Crippen LogP contribution is 2.60. The number of aromatic hydroxyl groups is 1. The van der Waals surface area contributed by atoms with Gasteiger partial charge in [0.15, 0.2) is 0 Å². The maximum Gasteiger partial charge on any atom is 0.128 e. The highest BCUT2D eigenvalue weighted by atomic mass is 16.3. The molecule has 12 aromatic rings. The van der Waals surface area contributed by atoms with E-state index >= 15 is 0 Å². The van der Waals surface area contributed by atoms with Crippen LogP contribution in [0.2, 0.25) is 0 Å². The van der Waals surface area contributed by atoms with E-state index in [4.69, 9.17) is 0 Å². The lowest BCUT2D eigenvalue weighted by Gasteiger charge is -2.37. The number of nitrogens with zero attached hydrogens (tertiary/aromatic N) is 1. The van der Waals surface area contributed by atoms with Crippen molar-refractivity contribution in [2.75, 3.05) is 4.90 Å². The Morgan fingerprint density at radius 2 is 0.819 bits per heavy atom. The number of fused-ring (bicyclic) bond motifs is 6. The molecule has 0 radical (unpaired) electrons. The van der Waals surface area contributed by atoms with Crippen LogP contribution in [-0.2, 0) is 11.8 Å². The number of benzene rings is 12. The maximum atomic E-state index is 12.8. The quantitative estimate of drug-likeness (QED) is 0.148. The van der Waals surface area contributed by atoms with Crippen molar-refractivity contribution in [2.45, 2.75) is 25.2 Å². The van der Waals surface area contributed by atoms with Gasteiger partial charge in [0.2, 0.25) is 0 Å². The van der Waals surface area contributed by atoms with E-state index in [1.165, 1.54) is 71.8 Å². The number of hydrogen-bond acceptors (Lipinski definition) is 2. The van der Waals surface area contributed by atoms with E-state index in [2.05, 4.69) is 261 Å². The largest absolute Gasteiger partial charge is 0.507 e. The molecular weight excluding hydrogens is 871 g/mol. The van der Waals surface area contributed by atoms with E-state index < -0.39 is 5.41 Å². The standard InChI is InChI=1S/C70H51NO/c1-2-15-62-60-22-11-9-20-52(60)34-42-66(62)70(67-43-35-53-21-10-12-23-61(53)69(67)72)65-25-14-13-24-63(65)64-41-33-55(46-68(64)70)54-27-26-51-32-40-59(45-56(51)44-54)71(57-36-28-49(29-37-57)47-16-5-3-6-17-47)58-38-30-50(31-39-58)48-18-7-4-8-19-48/h3-14,16-46,72H,2,15H2,1H3. The molecule has 0 aromatic heterocycles. The Bertz CT molecular complexity index is 3910. The molecule has 1 N–H and O–H groups in total. The molecule has 0 aliphatic heterocycles. The van der Waals surface area contributed by atoms with Gasteiger partial charge in [-0.3, -0.25) is 0 Å². The van der Waals surface area contributed by atoms with Crippen LogP contribution in [0.4, 0.5) is 17.1 Å². The summed E-state index contributed by atoms with van der Waals surface area (Å²) in [5, 5.41) is 19.5. The molecule has 1 aliphatic carbocycles. The molecule has 12 aromatic carbocycles. The summed E-state index contributed by atoms with van der Waals surface area (Å²) in [6.07, 6.45) is 1.90. The smallest absolute Gasteiger partial charge is 0.128 e. The van der Waals surface area contributed by atoms with Crippen LogP contribution in [0.1, 0.15) is 41.2 Å². The number of phenolic OH excluding ortho intramolecular Hbond substituents is 1.